The Morgan fingerprint density at radius 2 is 2.12 bits per heavy atom. The number of nitrogens with one attached hydrogen (secondary N) is 2. The lowest BCUT2D eigenvalue weighted by Gasteiger charge is -2.19. The van der Waals surface area contributed by atoms with Crippen molar-refractivity contribution in [1.82, 2.24) is 19.7 Å². The van der Waals surface area contributed by atoms with E-state index in [0.717, 1.165) is 46.9 Å². The molecule has 1 aliphatic rings. The molecule has 7 nitrogen and oxygen atoms in total. The molecule has 1 aromatic carbocycles. The van der Waals surface area contributed by atoms with Gasteiger partial charge >= 0.3 is 0 Å². The van der Waals surface area contributed by atoms with E-state index in [-0.39, 0.29) is 5.91 Å². The number of carbonyl (C=O) groups is 1. The van der Waals surface area contributed by atoms with E-state index in [4.69, 9.17) is 4.98 Å². The fourth-order valence-corrected chi connectivity index (χ4v) is 4.19. The van der Waals surface area contributed by atoms with Crippen molar-refractivity contribution < 1.29 is 9.90 Å². The lowest BCUT2D eigenvalue weighted by atomic mass is 10.0. The summed E-state index contributed by atoms with van der Waals surface area (Å²) in [6.45, 7) is 7.99. The minimum atomic E-state index is -0.866. The van der Waals surface area contributed by atoms with Crippen molar-refractivity contribution >= 4 is 29.1 Å². The predicted octanol–water partition coefficient (Wildman–Crippen LogP) is 4.28. The van der Waals surface area contributed by atoms with Crippen LogP contribution in [-0.2, 0) is 0 Å². The molecule has 1 fully saturated rings. The number of nitrogens with zero attached hydrogens (tertiary/aromatic N) is 3. The van der Waals surface area contributed by atoms with Gasteiger partial charge in [-0.3, -0.25) is 9.20 Å². The third-order valence-electron chi connectivity index (χ3n) is 5.29. The highest BCUT2D eigenvalue weighted by molar-refractivity contribution is 7.99. The summed E-state index contributed by atoms with van der Waals surface area (Å²) in [7, 11) is 0. The van der Waals surface area contributed by atoms with Crippen LogP contribution in [0.3, 0.4) is 0 Å². The average Bonchev–Trinajstić information content (AvgIpc) is 3.45. The number of hydrogen-bond acceptors (Lipinski definition) is 6. The van der Waals surface area contributed by atoms with Crippen LogP contribution in [0.1, 0.15) is 56.0 Å². The van der Waals surface area contributed by atoms with Crippen molar-refractivity contribution in [3.05, 3.63) is 41.7 Å². The predicted molar refractivity (Wildman–Crippen MR) is 129 cm³/mol. The fourth-order valence-electron chi connectivity index (χ4n) is 3.44. The molecule has 2 aromatic heterocycles. The number of fused-ring (bicyclic) bond motifs is 1. The first-order valence-corrected chi connectivity index (χ1v) is 12.1. The van der Waals surface area contributed by atoms with Gasteiger partial charge in [0.1, 0.15) is 5.03 Å². The number of rotatable bonds is 9. The third-order valence-corrected chi connectivity index (χ3v) is 6.40. The minimum absolute atomic E-state index is 0.00440. The third kappa shape index (κ3) is 5.24. The Bertz CT molecular complexity index is 1130. The van der Waals surface area contributed by atoms with Crippen LogP contribution in [0.5, 0.6) is 0 Å². The molecule has 170 valence electrons. The number of benzene rings is 1. The number of hydrogen-bond donors (Lipinski definition) is 3. The zero-order valence-corrected chi connectivity index (χ0v) is 19.9. The SMILES string of the molecule is CCCSc1cn2c(-c3ccc(C(=O)NC4CC4)c(C)c3)cnc2c(NCC(C)(C)O)n1. The number of carbonyl (C=O) groups excluding carboxylic acids is 1. The number of thioether (sulfide) groups is 1. The molecule has 0 atom stereocenters. The molecule has 1 saturated carbocycles. The molecule has 1 aliphatic carbocycles. The summed E-state index contributed by atoms with van der Waals surface area (Å²) in [6, 6.07) is 6.24. The molecular weight excluding hydrogens is 422 g/mol. The first-order chi connectivity index (χ1) is 15.2. The molecule has 3 aromatic rings. The van der Waals surface area contributed by atoms with Crippen molar-refractivity contribution in [2.24, 2.45) is 0 Å². The Labute approximate surface area is 193 Å². The molecule has 0 bridgehead atoms. The highest BCUT2D eigenvalue weighted by Crippen LogP contribution is 2.29. The molecule has 4 rings (SSSR count). The molecule has 0 spiro atoms. The topological polar surface area (TPSA) is 91.5 Å². The normalized spacial score (nSPS) is 14.0. The second-order valence-corrected chi connectivity index (χ2v) is 10.2. The van der Waals surface area contributed by atoms with Gasteiger partial charge in [0.25, 0.3) is 5.91 Å². The molecule has 1 amide bonds. The van der Waals surface area contributed by atoms with Gasteiger partial charge in [-0.2, -0.15) is 0 Å². The van der Waals surface area contributed by atoms with E-state index in [9.17, 15) is 9.90 Å². The van der Waals surface area contributed by atoms with Gasteiger partial charge in [0.05, 0.1) is 17.5 Å². The Morgan fingerprint density at radius 3 is 2.78 bits per heavy atom. The monoisotopic (exact) mass is 453 g/mol. The number of imidazole rings is 1. The van der Waals surface area contributed by atoms with Gasteiger partial charge < -0.3 is 15.7 Å². The van der Waals surface area contributed by atoms with E-state index in [1.165, 1.54) is 0 Å². The molecule has 0 aliphatic heterocycles. The van der Waals surface area contributed by atoms with Crippen LogP contribution >= 0.6 is 11.8 Å². The summed E-state index contributed by atoms with van der Waals surface area (Å²) < 4.78 is 2.04. The number of aromatic nitrogens is 3. The smallest absolute Gasteiger partial charge is 0.251 e. The number of aryl methyl sites for hydroxylation is 1. The van der Waals surface area contributed by atoms with Gasteiger partial charge in [-0.1, -0.05) is 13.0 Å². The summed E-state index contributed by atoms with van der Waals surface area (Å²) >= 11 is 1.70. The minimum Gasteiger partial charge on any atom is -0.389 e. The highest BCUT2D eigenvalue weighted by atomic mass is 32.2. The van der Waals surface area contributed by atoms with Gasteiger partial charge in [0, 0.05) is 29.9 Å². The Kier molecular flexibility index (Phi) is 6.44. The quantitative estimate of drug-likeness (QED) is 0.419. The van der Waals surface area contributed by atoms with E-state index in [1.807, 2.05) is 41.9 Å². The van der Waals surface area contributed by atoms with Crippen LogP contribution in [0.15, 0.2) is 35.6 Å². The summed E-state index contributed by atoms with van der Waals surface area (Å²) in [4.78, 5) is 21.9. The second-order valence-electron chi connectivity index (χ2n) is 9.06. The standard InChI is InChI=1S/C24H31N5O2S/c1-5-10-32-20-13-29-19(12-25-22(29)21(28-20)26-14-24(3,4)31)16-6-9-18(15(2)11-16)23(30)27-17-7-8-17/h6,9,11-13,17,31H,5,7-8,10,14H2,1-4H3,(H,26,28)(H,27,30). The summed E-state index contributed by atoms with van der Waals surface area (Å²) in [5, 5.41) is 17.4. The number of amides is 1. The van der Waals surface area contributed by atoms with Crippen molar-refractivity contribution in [1.29, 1.82) is 0 Å². The first-order valence-electron chi connectivity index (χ1n) is 11.1. The number of anilines is 1. The molecule has 3 N–H and O–H groups in total. The van der Waals surface area contributed by atoms with Gasteiger partial charge in [-0.05, 0) is 63.5 Å². The molecular formula is C24H31N5O2S. The van der Waals surface area contributed by atoms with Gasteiger partial charge in [-0.15, -0.1) is 11.8 Å². The Morgan fingerprint density at radius 1 is 1.34 bits per heavy atom. The maximum atomic E-state index is 12.5. The van der Waals surface area contributed by atoms with Crippen LogP contribution in [0, 0.1) is 6.92 Å². The summed E-state index contributed by atoms with van der Waals surface area (Å²) in [6.07, 6.45) is 7.04. The molecule has 2 heterocycles. The van der Waals surface area contributed by atoms with Crippen molar-refractivity contribution in [3.63, 3.8) is 0 Å². The van der Waals surface area contributed by atoms with Crippen LogP contribution < -0.4 is 10.6 Å². The molecule has 0 radical (unpaired) electrons. The van der Waals surface area contributed by atoms with Crippen LogP contribution in [0.4, 0.5) is 5.82 Å². The molecule has 32 heavy (non-hydrogen) atoms. The average molecular weight is 454 g/mol. The summed E-state index contributed by atoms with van der Waals surface area (Å²) in [5.41, 5.74) is 3.41. The van der Waals surface area contributed by atoms with E-state index >= 15 is 0 Å². The van der Waals surface area contributed by atoms with Crippen LogP contribution in [0.2, 0.25) is 0 Å². The van der Waals surface area contributed by atoms with Gasteiger partial charge in [0.2, 0.25) is 0 Å². The Hall–Kier alpha value is -2.58. The highest BCUT2D eigenvalue weighted by Gasteiger charge is 2.24. The van der Waals surface area contributed by atoms with E-state index in [1.54, 1.807) is 25.6 Å². The number of aliphatic hydroxyl groups is 1. The van der Waals surface area contributed by atoms with E-state index < -0.39 is 5.60 Å². The van der Waals surface area contributed by atoms with Gasteiger partial charge in [0.15, 0.2) is 11.5 Å². The molecule has 8 heteroatoms. The van der Waals surface area contributed by atoms with Crippen LogP contribution in [-0.4, -0.2) is 49.3 Å². The first kappa shape index (κ1) is 22.6. The Balaban J connectivity index is 1.70. The summed E-state index contributed by atoms with van der Waals surface area (Å²) in [5.74, 6) is 1.61. The zero-order chi connectivity index (χ0) is 22.9. The van der Waals surface area contributed by atoms with Gasteiger partial charge in [-0.25, -0.2) is 9.97 Å². The zero-order valence-electron chi connectivity index (χ0n) is 19.1. The maximum absolute atomic E-state index is 12.5. The van der Waals surface area contributed by atoms with E-state index in [0.29, 0.717) is 29.6 Å². The van der Waals surface area contributed by atoms with Crippen molar-refractivity contribution in [3.8, 4) is 11.3 Å². The van der Waals surface area contributed by atoms with E-state index in [2.05, 4.69) is 22.5 Å². The molecule has 0 unspecified atom stereocenters. The lowest BCUT2D eigenvalue weighted by molar-refractivity contribution is 0.0939. The molecule has 0 saturated heterocycles. The largest absolute Gasteiger partial charge is 0.389 e. The van der Waals surface area contributed by atoms with Crippen molar-refractivity contribution in [2.75, 3.05) is 17.6 Å². The fraction of sp³-hybridized carbons (Fsp3) is 0.458. The van der Waals surface area contributed by atoms with Crippen molar-refractivity contribution in [2.45, 2.75) is 63.6 Å². The lowest BCUT2D eigenvalue weighted by Crippen LogP contribution is -2.29. The maximum Gasteiger partial charge on any atom is 0.251 e. The second kappa shape index (κ2) is 9.11. The van der Waals surface area contributed by atoms with Crippen LogP contribution in [0.25, 0.3) is 16.9 Å².